The topological polar surface area (TPSA) is 61.8 Å². The van der Waals surface area contributed by atoms with Crippen molar-refractivity contribution in [3.8, 4) is 0 Å². The molecular formula is C22H31N5O. The predicted molar refractivity (Wildman–Crippen MR) is 115 cm³/mol. The molecule has 0 saturated carbocycles. The predicted octanol–water partition coefficient (Wildman–Crippen LogP) is 2.87. The van der Waals surface area contributed by atoms with Gasteiger partial charge in [0.2, 0.25) is 0 Å². The summed E-state index contributed by atoms with van der Waals surface area (Å²) in [4.78, 5) is 11.6. The van der Waals surface area contributed by atoms with Gasteiger partial charge in [-0.15, -0.1) is 0 Å². The molecule has 0 spiro atoms. The summed E-state index contributed by atoms with van der Waals surface area (Å²) in [5, 5.41) is 6.69. The quantitative estimate of drug-likeness (QED) is 0.595. The van der Waals surface area contributed by atoms with Crippen LogP contribution in [0.2, 0.25) is 0 Å². The van der Waals surface area contributed by atoms with E-state index in [1.54, 1.807) is 0 Å². The van der Waals surface area contributed by atoms with Crippen molar-refractivity contribution in [2.24, 2.45) is 4.99 Å². The summed E-state index contributed by atoms with van der Waals surface area (Å²) in [6.45, 7) is 11.0. The number of nitrogens with one attached hydrogen (secondary N) is 2. The minimum Gasteiger partial charge on any atom is -0.375 e. The number of pyridine rings is 1. The lowest BCUT2D eigenvalue weighted by Gasteiger charge is -2.32. The van der Waals surface area contributed by atoms with Crippen LogP contribution in [0.4, 0.5) is 5.82 Å². The van der Waals surface area contributed by atoms with Gasteiger partial charge in [0.1, 0.15) is 5.82 Å². The molecule has 2 N–H and O–H groups in total. The van der Waals surface area contributed by atoms with E-state index in [-0.39, 0.29) is 6.10 Å². The monoisotopic (exact) mass is 381 g/mol. The van der Waals surface area contributed by atoms with Crippen LogP contribution < -0.4 is 15.5 Å². The number of anilines is 1. The summed E-state index contributed by atoms with van der Waals surface area (Å²) in [5.74, 6) is 1.82. The van der Waals surface area contributed by atoms with Gasteiger partial charge in [-0.05, 0) is 38.0 Å². The van der Waals surface area contributed by atoms with Gasteiger partial charge in [-0.3, -0.25) is 0 Å². The number of aromatic nitrogens is 1. The van der Waals surface area contributed by atoms with Crippen LogP contribution in [-0.4, -0.2) is 43.3 Å². The first-order valence-electron chi connectivity index (χ1n) is 10.0. The number of hydrogen-bond acceptors (Lipinski definition) is 4. The van der Waals surface area contributed by atoms with Gasteiger partial charge >= 0.3 is 0 Å². The number of aryl methyl sites for hydroxylation is 1. The van der Waals surface area contributed by atoms with Gasteiger partial charge in [-0.2, -0.15) is 0 Å². The summed E-state index contributed by atoms with van der Waals surface area (Å²) in [5.41, 5.74) is 3.60. The van der Waals surface area contributed by atoms with E-state index in [4.69, 9.17) is 9.73 Å². The van der Waals surface area contributed by atoms with Crippen LogP contribution in [0.5, 0.6) is 0 Å². The maximum Gasteiger partial charge on any atom is 0.191 e. The first kappa shape index (κ1) is 20.1. The van der Waals surface area contributed by atoms with E-state index >= 15 is 0 Å². The van der Waals surface area contributed by atoms with E-state index in [9.17, 15) is 0 Å². The average Bonchev–Trinajstić information content (AvgIpc) is 2.72. The summed E-state index contributed by atoms with van der Waals surface area (Å²) < 4.78 is 5.60. The van der Waals surface area contributed by atoms with Gasteiger partial charge in [-0.1, -0.05) is 35.9 Å². The van der Waals surface area contributed by atoms with Crippen LogP contribution in [0, 0.1) is 6.92 Å². The number of rotatable bonds is 6. The van der Waals surface area contributed by atoms with Crippen LogP contribution in [0.15, 0.2) is 47.6 Å². The van der Waals surface area contributed by atoms with E-state index in [1.807, 2.05) is 6.20 Å². The van der Waals surface area contributed by atoms with E-state index < -0.39 is 0 Å². The number of nitrogens with zero attached hydrogens (tertiary/aromatic N) is 3. The number of morpholine rings is 1. The maximum absolute atomic E-state index is 5.60. The molecule has 0 bridgehead atoms. The van der Waals surface area contributed by atoms with Gasteiger partial charge in [-0.25, -0.2) is 9.98 Å². The Kier molecular flexibility index (Phi) is 7.25. The number of hydrogen-bond donors (Lipinski definition) is 2. The molecule has 0 aliphatic carbocycles. The maximum atomic E-state index is 5.60. The smallest absolute Gasteiger partial charge is 0.191 e. The molecule has 6 nitrogen and oxygen atoms in total. The Morgan fingerprint density at radius 1 is 1.18 bits per heavy atom. The lowest BCUT2D eigenvalue weighted by atomic mass is 10.1. The summed E-state index contributed by atoms with van der Waals surface area (Å²) in [6, 6.07) is 12.7. The number of guanidine groups is 1. The SMILES string of the molecule is CCNC(=NCc1ccc(N2CCOC(C)C2)nc1)NCc1ccc(C)cc1. The van der Waals surface area contributed by atoms with E-state index in [0.29, 0.717) is 6.54 Å². The fraction of sp³-hybridized carbons (Fsp3) is 0.455. The molecule has 3 rings (SSSR count). The molecule has 1 aliphatic heterocycles. The average molecular weight is 382 g/mol. The molecule has 6 heteroatoms. The minimum absolute atomic E-state index is 0.252. The zero-order chi connectivity index (χ0) is 19.8. The number of benzene rings is 1. The molecule has 2 heterocycles. The summed E-state index contributed by atoms with van der Waals surface area (Å²) >= 11 is 0. The Labute approximate surface area is 168 Å². The van der Waals surface area contributed by atoms with Crippen molar-refractivity contribution in [3.63, 3.8) is 0 Å². The highest BCUT2D eigenvalue weighted by Gasteiger charge is 2.17. The number of ether oxygens (including phenoxy) is 1. The normalized spacial score (nSPS) is 17.5. The third-order valence-corrected chi connectivity index (χ3v) is 4.72. The highest BCUT2D eigenvalue weighted by atomic mass is 16.5. The lowest BCUT2D eigenvalue weighted by molar-refractivity contribution is 0.0529. The first-order chi connectivity index (χ1) is 13.6. The summed E-state index contributed by atoms with van der Waals surface area (Å²) in [6.07, 6.45) is 2.17. The zero-order valence-corrected chi connectivity index (χ0v) is 17.1. The van der Waals surface area contributed by atoms with E-state index in [2.05, 4.69) is 77.7 Å². The summed E-state index contributed by atoms with van der Waals surface area (Å²) in [7, 11) is 0. The van der Waals surface area contributed by atoms with Crippen molar-refractivity contribution in [1.29, 1.82) is 0 Å². The highest BCUT2D eigenvalue weighted by molar-refractivity contribution is 5.79. The molecule has 0 amide bonds. The highest BCUT2D eigenvalue weighted by Crippen LogP contribution is 2.15. The molecule has 1 atom stereocenters. The molecule has 1 aliphatic rings. The molecule has 2 aromatic rings. The molecular weight excluding hydrogens is 350 g/mol. The Morgan fingerprint density at radius 2 is 1.96 bits per heavy atom. The van der Waals surface area contributed by atoms with Gasteiger partial charge in [0.05, 0.1) is 19.3 Å². The van der Waals surface area contributed by atoms with Crippen molar-refractivity contribution < 1.29 is 4.74 Å². The third kappa shape index (κ3) is 5.96. The van der Waals surface area contributed by atoms with Crippen molar-refractivity contribution in [2.45, 2.75) is 40.0 Å². The second-order valence-corrected chi connectivity index (χ2v) is 7.19. The molecule has 1 fully saturated rings. The largest absolute Gasteiger partial charge is 0.375 e. The fourth-order valence-corrected chi connectivity index (χ4v) is 3.13. The van der Waals surface area contributed by atoms with E-state index in [0.717, 1.165) is 50.1 Å². The van der Waals surface area contributed by atoms with Gasteiger partial charge in [0.15, 0.2) is 5.96 Å². The molecule has 0 radical (unpaired) electrons. The van der Waals surface area contributed by atoms with Crippen LogP contribution >= 0.6 is 0 Å². The third-order valence-electron chi connectivity index (χ3n) is 4.72. The van der Waals surface area contributed by atoms with Gasteiger partial charge in [0, 0.05) is 32.4 Å². The van der Waals surface area contributed by atoms with Crippen LogP contribution in [0.3, 0.4) is 0 Å². The van der Waals surface area contributed by atoms with Crippen molar-refractivity contribution in [3.05, 3.63) is 59.3 Å². The Hall–Kier alpha value is -2.60. The Bertz CT molecular complexity index is 758. The minimum atomic E-state index is 0.252. The molecule has 1 saturated heterocycles. The van der Waals surface area contributed by atoms with Crippen molar-refractivity contribution in [1.82, 2.24) is 15.6 Å². The van der Waals surface area contributed by atoms with Crippen LogP contribution in [0.1, 0.15) is 30.5 Å². The second kappa shape index (κ2) is 10.1. The fourth-order valence-electron chi connectivity index (χ4n) is 3.13. The molecule has 1 unspecified atom stereocenters. The molecule has 28 heavy (non-hydrogen) atoms. The Balaban J connectivity index is 1.56. The van der Waals surface area contributed by atoms with Gasteiger partial charge < -0.3 is 20.3 Å². The first-order valence-corrected chi connectivity index (χ1v) is 10.0. The lowest BCUT2D eigenvalue weighted by Crippen LogP contribution is -2.41. The van der Waals surface area contributed by atoms with Crippen molar-refractivity contribution >= 4 is 11.8 Å². The van der Waals surface area contributed by atoms with Crippen LogP contribution in [-0.2, 0) is 17.8 Å². The van der Waals surface area contributed by atoms with Crippen molar-refractivity contribution in [2.75, 3.05) is 31.1 Å². The number of aliphatic imine (C=N–C) groups is 1. The standard InChI is InChI=1S/C22H31N5O/c1-4-23-22(25-13-19-7-5-17(2)6-8-19)26-15-20-9-10-21(24-14-20)27-11-12-28-18(3)16-27/h5-10,14,18H,4,11-13,15-16H2,1-3H3,(H2,23,25,26). The Morgan fingerprint density at radius 3 is 2.64 bits per heavy atom. The van der Waals surface area contributed by atoms with E-state index in [1.165, 1.54) is 11.1 Å². The van der Waals surface area contributed by atoms with Gasteiger partial charge in [0.25, 0.3) is 0 Å². The zero-order valence-electron chi connectivity index (χ0n) is 17.1. The molecule has 150 valence electrons. The molecule has 1 aromatic carbocycles. The molecule has 1 aromatic heterocycles. The second-order valence-electron chi connectivity index (χ2n) is 7.19. The van der Waals surface area contributed by atoms with Crippen LogP contribution in [0.25, 0.3) is 0 Å².